The molecule has 2 aromatic rings. The van der Waals surface area contributed by atoms with Crippen LogP contribution in [-0.2, 0) is 11.8 Å². The topological polar surface area (TPSA) is 88.1 Å². The van der Waals surface area contributed by atoms with Gasteiger partial charge in [0.15, 0.2) is 0 Å². The van der Waals surface area contributed by atoms with E-state index in [1.807, 2.05) is 6.92 Å². The molecule has 1 aromatic heterocycles. The number of halogens is 1. The van der Waals surface area contributed by atoms with E-state index in [2.05, 4.69) is 21.0 Å². The van der Waals surface area contributed by atoms with E-state index < -0.39 is 0 Å². The highest BCUT2D eigenvalue weighted by Crippen LogP contribution is 2.20. The van der Waals surface area contributed by atoms with Crippen molar-refractivity contribution in [3.63, 3.8) is 0 Å². The second-order valence-electron chi connectivity index (χ2n) is 5.02. The SMILES string of the molecule is CNC(=O)Nc1cccc(NC(=O)/C=C/c2c(C)nn(C)c2Cl)c1. The van der Waals surface area contributed by atoms with Gasteiger partial charge in [0.25, 0.3) is 0 Å². The molecule has 0 atom stereocenters. The van der Waals surface area contributed by atoms with E-state index in [1.54, 1.807) is 42.1 Å². The van der Waals surface area contributed by atoms with Crippen molar-refractivity contribution < 1.29 is 9.59 Å². The maximum Gasteiger partial charge on any atom is 0.318 e. The lowest BCUT2D eigenvalue weighted by molar-refractivity contribution is -0.111. The van der Waals surface area contributed by atoms with Crippen molar-refractivity contribution in [1.29, 1.82) is 0 Å². The van der Waals surface area contributed by atoms with E-state index in [9.17, 15) is 9.59 Å². The van der Waals surface area contributed by atoms with Gasteiger partial charge in [-0.3, -0.25) is 9.48 Å². The molecular formula is C16H18ClN5O2. The molecule has 0 saturated heterocycles. The van der Waals surface area contributed by atoms with Gasteiger partial charge in [-0.25, -0.2) is 4.79 Å². The van der Waals surface area contributed by atoms with Crippen LogP contribution in [0.4, 0.5) is 16.2 Å². The molecule has 0 saturated carbocycles. The Hall–Kier alpha value is -2.80. The summed E-state index contributed by atoms with van der Waals surface area (Å²) >= 11 is 6.11. The maximum absolute atomic E-state index is 12.0. The van der Waals surface area contributed by atoms with Crippen LogP contribution in [0.1, 0.15) is 11.3 Å². The van der Waals surface area contributed by atoms with Gasteiger partial charge in [0.2, 0.25) is 5.91 Å². The average molecular weight is 348 g/mol. The number of carbonyl (C=O) groups excluding carboxylic acids is 2. The Labute approximate surface area is 144 Å². The standard InChI is InChI=1S/C16H18ClN5O2/c1-10-13(15(17)22(3)21-10)7-8-14(23)19-11-5-4-6-12(9-11)20-16(24)18-2/h4-9H,1-3H3,(H,19,23)(H2,18,20,24)/b8-7+. The summed E-state index contributed by atoms with van der Waals surface area (Å²) in [7, 11) is 3.26. The van der Waals surface area contributed by atoms with Gasteiger partial charge in [0, 0.05) is 37.1 Å². The largest absolute Gasteiger partial charge is 0.341 e. The van der Waals surface area contributed by atoms with Gasteiger partial charge in [-0.1, -0.05) is 17.7 Å². The number of aromatic nitrogens is 2. The van der Waals surface area contributed by atoms with Crippen molar-refractivity contribution in [2.75, 3.05) is 17.7 Å². The zero-order valence-corrected chi connectivity index (χ0v) is 14.3. The first-order chi connectivity index (χ1) is 11.4. The molecule has 2 rings (SSSR count). The number of hydrogen-bond donors (Lipinski definition) is 3. The van der Waals surface area contributed by atoms with Crippen molar-refractivity contribution in [2.24, 2.45) is 7.05 Å². The maximum atomic E-state index is 12.0. The molecule has 0 aliphatic heterocycles. The minimum atomic E-state index is -0.333. The lowest BCUT2D eigenvalue weighted by Gasteiger charge is -2.07. The number of urea groups is 1. The van der Waals surface area contributed by atoms with E-state index in [4.69, 9.17) is 11.6 Å². The van der Waals surface area contributed by atoms with E-state index in [0.717, 1.165) is 5.69 Å². The highest BCUT2D eigenvalue weighted by molar-refractivity contribution is 6.31. The number of anilines is 2. The summed E-state index contributed by atoms with van der Waals surface area (Å²) in [6.45, 7) is 1.82. The third-order valence-electron chi connectivity index (χ3n) is 3.21. The van der Waals surface area contributed by atoms with E-state index in [0.29, 0.717) is 22.1 Å². The van der Waals surface area contributed by atoms with Crippen molar-refractivity contribution in [2.45, 2.75) is 6.92 Å². The normalized spacial score (nSPS) is 10.7. The van der Waals surface area contributed by atoms with Crippen molar-refractivity contribution >= 4 is 41.0 Å². The minimum absolute atomic E-state index is 0.314. The molecule has 8 heteroatoms. The smallest absolute Gasteiger partial charge is 0.318 e. The molecule has 3 amide bonds. The van der Waals surface area contributed by atoms with Crippen LogP contribution in [0.15, 0.2) is 30.3 Å². The van der Waals surface area contributed by atoms with Gasteiger partial charge in [-0.15, -0.1) is 0 Å². The molecule has 7 nitrogen and oxygen atoms in total. The van der Waals surface area contributed by atoms with Crippen LogP contribution >= 0.6 is 11.6 Å². The Morgan fingerprint density at radius 3 is 2.50 bits per heavy atom. The van der Waals surface area contributed by atoms with Crippen molar-refractivity contribution in [1.82, 2.24) is 15.1 Å². The number of amides is 3. The summed E-state index contributed by atoms with van der Waals surface area (Å²) in [5.74, 6) is -0.314. The lowest BCUT2D eigenvalue weighted by Crippen LogP contribution is -2.24. The first-order valence-electron chi connectivity index (χ1n) is 7.17. The number of aryl methyl sites for hydroxylation is 2. The first kappa shape index (κ1) is 17.6. The molecule has 0 spiro atoms. The molecule has 0 bridgehead atoms. The zero-order valence-electron chi connectivity index (χ0n) is 13.6. The Morgan fingerprint density at radius 1 is 1.25 bits per heavy atom. The average Bonchev–Trinajstić information content (AvgIpc) is 2.78. The van der Waals surface area contributed by atoms with Crippen LogP contribution in [-0.4, -0.2) is 28.8 Å². The van der Waals surface area contributed by atoms with Crippen LogP contribution in [0.25, 0.3) is 6.08 Å². The number of carbonyl (C=O) groups is 2. The molecule has 0 aliphatic rings. The Balaban J connectivity index is 2.05. The number of nitrogens with zero attached hydrogens (tertiary/aromatic N) is 2. The fraction of sp³-hybridized carbons (Fsp3) is 0.188. The summed E-state index contributed by atoms with van der Waals surface area (Å²) < 4.78 is 1.54. The van der Waals surface area contributed by atoms with Crippen LogP contribution < -0.4 is 16.0 Å². The summed E-state index contributed by atoms with van der Waals surface area (Å²) in [5.41, 5.74) is 2.57. The predicted molar refractivity (Wildman–Crippen MR) is 95.1 cm³/mol. The van der Waals surface area contributed by atoms with Crippen LogP contribution in [0, 0.1) is 6.92 Å². The van der Waals surface area contributed by atoms with E-state index in [1.165, 1.54) is 13.1 Å². The zero-order chi connectivity index (χ0) is 17.7. The molecule has 0 fully saturated rings. The van der Waals surface area contributed by atoms with Gasteiger partial charge in [-0.2, -0.15) is 5.10 Å². The monoisotopic (exact) mass is 347 g/mol. The highest BCUT2D eigenvalue weighted by Gasteiger charge is 2.08. The third kappa shape index (κ3) is 4.36. The number of benzene rings is 1. The molecule has 1 aromatic carbocycles. The molecular weight excluding hydrogens is 330 g/mol. The van der Waals surface area contributed by atoms with Crippen molar-refractivity contribution in [3.8, 4) is 0 Å². The molecule has 126 valence electrons. The Kier molecular flexibility index (Phi) is 5.59. The number of nitrogens with one attached hydrogen (secondary N) is 3. The first-order valence-corrected chi connectivity index (χ1v) is 7.55. The Bertz CT molecular complexity index is 798. The summed E-state index contributed by atoms with van der Waals surface area (Å²) in [5, 5.41) is 12.5. The lowest BCUT2D eigenvalue weighted by atomic mass is 10.2. The summed E-state index contributed by atoms with van der Waals surface area (Å²) in [6.07, 6.45) is 3.00. The molecule has 0 unspecified atom stereocenters. The summed E-state index contributed by atoms with van der Waals surface area (Å²) in [6, 6.07) is 6.50. The van der Waals surface area contributed by atoms with Gasteiger partial charge in [0.05, 0.1) is 5.69 Å². The fourth-order valence-electron chi connectivity index (χ4n) is 2.05. The number of rotatable bonds is 4. The van der Waals surface area contributed by atoms with Crippen LogP contribution in [0.3, 0.4) is 0 Å². The third-order valence-corrected chi connectivity index (χ3v) is 3.66. The second kappa shape index (κ2) is 7.65. The molecule has 3 N–H and O–H groups in total. The quantitative estimate of drug-likeness (QED) is 0.743. The van der Waals surface area contributed by atoms with Crippen LogP contribution in [0.5, 0.6) is 0 Å². The fourth-order valence-corrected chi connectivity index (χ4v) is 2.28. The Morgan fingerprint density at radius 2 is 1.92 bits per heavy atom. The molecule has 1 heterocycles. The highest BCUT2D eigenvalue weighted by atomic mass is 35.5. The number of hydrogen-bond acceptors (Lipinski definition) is 3. The molecule has 0 aliphatic carbocycles. The van der Waals surface area contributed by atoms with Gasteiger partial charge < -0.3 is 16.0 Å². The predicted octanol–water partition coefficient (Wildman–Crippen LogP) is 2.79. The minimum Gasteiger partial charge on any atom is -0.341 e. The van der Waals surface area contributed by atoms with Crippen molar-refractivity contribution in [3.05, 3.63) is 46.8 Å². The summed E-state index contributed by atoms with van der Waals surface area (Å²) in [4.78, 5) is 23.3. The van der Waals surface area contributed by atoms with E-state index in [-0.39, 0.29) is 11.9 Å². The van der Waals surface area contributed by atoms with Gasteiger partial charge >= 0.3 is 6.03 Å². The molecule has 0 radical (unpaired) electrons. The van der Waals surface area contributed by atoms with Crippen LogP contribution in [0.2, 0.25) is 5.15 Å². The van der Waals surface area contributed by atoms with E-state index >= 15 is 0 Å². The van der Waals surface area contributed by atoms with Gasteiger partial charge in [0.1, 0.15) is 5.15 Å². The molecule has 24 heavy (non-hydrogen) atoms. The van der Waals surface area contributed by atoms with Gasteiger partial charge in [-0.05, 0) is 31.2 Å². The second-order valence-corrected chi connectivity index (χ2v) is 5.38.